The van der Waals surface area contributed by atoms with Crippen LogP contribution in [0.15, 0.2) is 23.6 Å². The maximum absolute atomic E-state index is 12.6. The highest BCUT2D eigenvalue weighted by molar-refractivity contribution is 7.09. The quantitative estimate of drug-likeness (QED) is 0.914. The topological polar surface area (TPSA) is 70.5 Å². The van der Waals surface area contributed by atoms with Gasteiger partial charge in [-0.1, -0.05) is 26.8 Å². The van der Waals surface area contributed by atoms with E-state index in [2.05, 4.69) is 25.8 Å². The molecule has 1 aliphatic rings. The zero-order chi connectivity index (χ0) is 18.2. The van der Waals surface area contributed by atoms with Crippen molar-refractivity contribution in [2.45, 2.75) is 45.6 Å². The van der Waals surface area contributed by atoms with Gasteiger partial charge in [0.15, 0.2) is 0 Å². The molecule has 1 aromatic heterocycles. The van der Waals surface area contributed by atoms with Crippen molar-refractivity contribution in [1.82, 2.24) is 9.88 Å². The Kier molecular flexibility index (Phi) is 4.64. The van der Waals surface area contributed by atoms with Gasteiger partial charge in [-0.25, -0.2) is 9.78 Å². The minimum atomic E-state index is -0.941. The number of thiazole rings is 1. The third-order valence-electron chi connectivity index (χ3n) is 4.34. The number of amides is 1. The summed E-state index contributed by atoms with van der Waals surface area (Å²) in [7, 11) is 0. The summed E-state index contributed by atoms with van der Waals surface area (Å²) < 4.78 is 0. The van der Waals surface area contributed by atoms with E-state index in [4.69, 9.17) is 5.11 Å². The van der Waals surface area contributed by atoms with Crippen molar-refractivity contribution in [2.75, 3.05) is 6.54 Å². The molecule has 2 heterocycles. The van der Waals surface area contributed by atoms with Crippen LogP contribution in [0.5, 0.6) is 0 Å². The van der Waals surface area contributed by atoms with Crippen molar-refractivity contribution >= 4 is 23.2 Å². The highest BCUT2D eigenvalue weighted by Crippen LogP contribution is 2.26. The van der Waals surface area contributed by atoms with Crippen LogP contribution in [-0.2, 0) is 29.6 Å². The highest BCUT2D eigenvalue weighted by atomic mass is 32.1. The lowest BCUT2D eigenvalue weighted by molar-refractivity contribution is -0.131. The molecule has 0 bridgehead atoms. The summed E-state index contributed by atoms with van der Waals surface area (Å²) in [6.45, 7) is 7.46. The number of aromatic nitrogens is 1. The van der Waals surface area contributed by atoms with E-state index >= 15 is 0 Å². The lowest BCUT2D eigenvalue weighted by atomic mass is 9.97. The molecule has 132 valence electrons. The van der Waals surface area contributed by atoms with Crippen molar-refractivity contribution in [2.24, 2.45) is 0 Å². The van der Waals surface area contributed by atoms with E-state index < -0.39 is 5.97 Å². The number of rotatable bonds is 3. The number of hydrogen-bond acceptors (Lipinski definition) is 4. The molecule has 6 heteroatoms. The van der Waals surface area contributed by atoms with Crippen molar-refractivity contribution < 1.29 is 14.7 Å². The van der Waals surface area contributed by atoms with Crippen molar-refractivity contribution in [3.05, 3.63) is 51.0 Å². The highest BCUT2D eigenvalue weighted by Gasteiger charge is 2.24. The monoisotopic (exact) mass is 358 g/mol. The van der Waals surface area contributed by atoms with Gasteiger partial charge in [0.1, 0.15) is 0 Å². The first-order valence-corrected chi connectivity index (χ1v) is 9.20. The minimum Gasteiger partial charge on any atom is -0.478 e. The van der Waals surface area contributed by atoms with Crippen molar-refractivity contribution in [3.8, 4) is 0 Å². The zero-order valence-electron chi connectivity index (χ0n) is 14.7. The molecule has 1 amide bonds. The Bertz CT molecular complexity index is 820. The summed E-state index contributed by atoms with van der Waals surface area (Å²) in [5.74, 6) is -0.902. The van der Waals surface area contributed by atoms with E-state index in [0.717, 1.165) is 28.2 Å². The second-order valence-corrected chi connectivity index (χ2v) is 8.28. The normalized spacial score (nSPS) is 14.3. The average molecular weight is 358 g/mol. The van der Waals surface area contributed by atoms with E-state index in [9.17, 15) is 9.59 Å². The van der Waals surface area contributed by atoms with E-state index in [1.807, 2.05) is 11.4 Å². The SMILES string of the molecule is CC(C)(C)c1nc(CC(=O)N2CCc3ccc(C(=O)O)cc3C2)cs1. The Morgan fingerprint density at radius 2 is 2.04 bits per heavy atom. The van der Waals surface area contributed by atoms with Crippen molar-refractivity contribution in [3.63, 3.8) is 0 Å². The van der Waals surface area contributed by atoms with Gasteiger partial charge in [0.25, 0.3) is 0 Å². The molecule has 25 heavy (non-hydrogen) atoms. The maximum atomic E-state index is 12.6. The number of carboxylic acids is 1. The molecule has 1 aromatic carbocycles. The second kappa shape index (κ2) is 6.59. The lowest BCUT2D eigenvalue weighted by Crippen LogP contribution is -2.37. The summed E-state index contributed by atoms with van der Waals surface area (Å²) in [5.41, 5.74) is 3.11. The molecule has 0 saturated heterocycles. The predicted octanol–water partition coefficient (Wildman–Crippen LogP) is 3.27. The fourth-order valence-corrected chi connectivity index (χ4v) is 3.81. The third-order valence-corrected chi connectivity index (χ3v) is 5.66. The van der Waals surface area contributed by atoms with Crippen LogP contribution in [0.1, 0.15) is 53.0 Å². The van der Waals surface area contributed by atoms with Crippen molar-refractivity contribution in [1.29, 1.82) is 0 Å². The van der Waals surface area contributed by atoms with Crippen LogP contribution in [0.2, 0.25) is 0 Å². The molecule has 0 fully saturated rings. The molecule has 0 saturated carbocycles. The molecular formula is C19H22N2O3S. The van der Waals surface area contributed by atoms with Gasteiger partial charge in [0, 0.05) is 23.9 Å². The molecule has 0 spiro atoms. The minimum absolute atomic E-state index is 0.0107. The lowest BCUT2D eigenvalue weighted by Gasteiger charge is -2.29. The zero-order valence-corrected chi connectivity index (χ0v) is 15.5. The number of aromatic carboxylic acids is 1. The predicted molar refractivity (Wildman–Crippen MR) is 97.0 cm³/mol. The summed E-state index contributed by atoms with van der Waals surface area (Å²) >= 11 is 1.59. The van der Waals surface area contributed by atoms with Gasteiger partial charge >= 0.3 is 5.97 Å². The standard InChI is InChI=1S/C19H22N2O3S/c1-19(2,3)18-20-15(11-25-18)9-16(22)21-7-6-12-4-5-13(17(23)24)8-14(12)10-21/h4-5,8,11H,6-7,9-10H2,1-3H3,(H,23,24). The third kappa shape index (κ3) is 3.90. The molecule has 0 unspecified atom stereocenters. The Balaban J connectivity index is 1.71. The fourth-order valence-electron chi connectivity index (χ4n) is 2.90. The van der Waals surface area contributed by atoms with Gasteiger partial charge in [-0.05, 0) is 29.7 Å². The molecule has 0 radical (unpaired) electrons. The average Bonchev–Trinajstić information content (AvgIpc) is 3.02. The van der Waals surface area contributed by atoms with Crippen LogP contribution in [0, 0.1) is 0 Å². The Labute approximate surface area is 151 Å². The van der Waals surface area contributed by atoms with Gasteiger partial charge in [-0.2, -0.15) is 0 Å². The summed E-state index contributed by atoms with van der Waals surface area (Å²) in [5, 5.41) is 12.1. The second-order valence-electron chi connectivity index (χ2n) is 7.42. The van der Waals surface area contributed by atoms with Gasteiger partial charge in [0.2, 0.25) is 5.91 Å². The van der Waals surface area contributed by atoms with Crippen LogP contribution >= 0.6 is 11.3 Å². The molecule has 3 rings (SSSR count). The Morgan fingerprint density at radius 1 is 1.28 bits per heavy atom. The fraction of sp³-hybridized carbons (Fsp3) is 0.421. The first kappa shape index (κ1) is 17.6. The number of nitrogens with zero attached hydrogens (tertiary/aromatic N) is 2. The smallest absolute Gasteiger partial charge is 0.335 e. The number of carbonyl (C=O) groups is 2. The Hall–Kier alpha value is -2.21. The van der Waals surface area contributed by atoms with Gasteiger partial charge < -0.3 is 10.0 Å². The Morgan fingerprint density at radius 3 is 2.68 bits per heavy atom. The number of hydrogen-bond donors (Lipinski definition) is 1. The summed E-state index contributed by atoms with van der Waals surface area (Å²) in [6.07, 6.45) is 1.05. The molecule has 0 aliphatic carbocycles. The van der Waals surface area contributed by atoms with E-state index in [1.54, 1.807) is 28.4 Å². The van der Waals surface area contributed by atoms with Gasteiger partial charge in [-0.3, -0.25) is 4.79 Å². The first-order chi connectivity index (χ1) is 11.7. The number of benzene rings is 1. The molecule has 1 aliphatic heterocycles. The molecular weight excluding hydrogens is 336 g/mol. The first-order valence-electron chi connectivity index (χ1n) is 8.32. The van der Waals surface area contributed by atoms with Crippen LogP contribution < -0.4 is 0 Å². The van der Waals surface area contributed by atoms with Crippen LogP contribution in [0.3, 0.4) is 0 Å². The maximum Gasteiger partial charge on any atom is 0.335 e. The van der Waals surface area contributed by atoms with Crippen LogP contribution in [-0.4, -0.2) is 33.4 Å². The molecule has 2 aromatic rings. The van der Waals surface area contributed by atoms with Gasteiger partial charge in [0.05, 0.1) is 22.7 Å². The molecule has 0 atom stereocenters. The summed E-state index contributed by atoms with van der Waals surface area (Å²) in [6, 6.07) is 5.16. The largest absolute Gasteiger partial charge is 0.478 e. The van der Waals surface area contributed by atoms with E-state index in [1.165, 1.54) is 0 Å². The number of carboxylic acid groups (broad SMARTS) is 1. The summed E-state index contributed by atoms with van der Waals surface area (Å²) in [4.78, 5) is 30.2. The van der Waals surface area contributed by atoms with Crippen LogP contribution in [0.4, 0.5) is 0 Å². The van der Waals surface area contributed by atoms with Crippen LogP contribution in [0.25, 0.3) is 0 Å². The molecule has 1 N–H and O–H groups in total. The number of fused-ring (bicyclic) bond motifs is 1. The van der Waals surface area contributed by atoms with E-state index in [0.29, 0.717) is 19.5 Å². The van der Waals surface area contributed by atoms with E-state index in [-0.39, 0.29) is 16.9 Å². The number of carbonyl (C=O) groups excluding carboxylic acids is 1. The van der Waals surface area contributed by atoms with Gasteiger partial charge in [-0.15, -0.1) is 11.3 Å². The molecule has 5 nitrogen and oxygen atoms in total.